The summed E-state index contributed by atoms with van der Waals surface area (Å²) in [6.45, 7) is 7.38. The van der Waals surface area contributed by atoms with Crippen LogP contribution < -0.4 is 5.32 Å². The number of likely N-dealkylation sites (tertiary alicyclic amines) is 1. The largest absolute Gasteiger partial charge is 0.352 e. The highest BCUT2D eigenvalue weighted by molar-refractivity contribution is 9.10. The number of amides is 1. The summed E-state index contributed by atoms with van der Waals surface area (Å²) in [5.74, 6) is 0.504. The van der Waals surface area contributed by atoms with E-state index in [-0.39, 0.29) is 5.91 Å². The van der Waals surface area contributed by atoms with Crippen molar-refractivity contribution < 1.29 is 4.79 Å². The Morgan fingerprint density at radius 2 is 2.42 bits per heavy atom. The Hall–Kier alpha value is -0.940. The lowest BCUT2D eigenvalue weighted by Crippen LogP contribution is -2.33. The molecule has 5 heteroatoms. The van der Waals surface area contributed by atoms with Crippen LogP contribution in [0.1, 0.15) is 30.6 Å². The van der Waals surface area contributed by atoms with Gasteiger partial charge in [-0.25, -0.2) is 4.98 Å². The van der Waals surface area contributed by atoms with E-state index in [0.717, 1.165) is 26.1 Å². The molecule has 0 spiro atoms. The fourth-order valence-electron chi connectivity index (χ4n) is 2.39. The molecule has 1 unspecified atom stereocenters. The Morgan fingerprint density at radius 3 is 3.05 bits per heavy atom. The number of aromatic nitrogens is 1. The van der Waals surface area contributed by atoms with Crippen molar-refractivity contribution in [3.05, 3.63) is 28.5 Å². The Kier molecular flexibility index (Phi) is 4.93. The van der Waals surface area contributed by atoms with Crippen LogP contribution in [-0.2, 0) is 0 Å². The number of carbonyl (C=O) groups is 1. The van der Waals surface area contributed by atoms with Crippen molar-refractivity contribution in [1.82, 2.24) is 15.2 Å². The van der Waals surface area contributed by atoms with Gasteiger partial charge in [-0.1, -0.05) is 0 Å². The number of rotatable bonds is 4. The molecule has 1 amide bonds. The molecule has 19 heavy (non-hydrogen) atoms. The molecule has 1 aliphatic rings. The van der Waals surface area contributed by atoms with Gasteiger partial charge in [0.25, 0.3) is 5.91 Å². The summed E-state index contributed by atoms with van der Waals surface area (Å²) in [5.41, 5.74) is 0.598. The quantitative estimate of drug-likeness (QED) is 0.864. The summed E-state index contributed by atoms with van der Waals surface area (Å²) in [6, 6.07) is 4.14. The van der Waals surface area contributed by atoms with Crippen LogP contribution in [0, 0.1) is 5.92 Å². The fourth-order valence-corrected chi connectivity index (χ4v) is 2.82. The molecule has 1 saturated heterocycles. The van der Waals surface area contributed by atoms with Gasteiger partial charge in [0.05, 0.1) is 5.56 Å². The number of pyridine rings is 1. The van der Waals surface area contributed by atoms with E-state index in [1.807, 2.05) is 0 Å². The SMILES string of the molecule is CC(C)N1CCC(CNC(=O)c2cccnc2Br)C1. The summed E-state index contributed by atoms with van der Waals surface area (Å²) >= 11 is 3.30. The number of halogens is 1. The van der Waals surface area contributed by atoms with E-state index >= 15 is 0 Å². The molecule has 1 aromatic heterocycles. The maximum atomic E-state index is 12.0. The zero-order chi connectivity index (χ0) is 13.8. The number of nitrogens with one attached hydrogen (secondary N) is 1. The predicted octanol–water partition coefficient (Wildman–Crippen LogP) is 2.30. The molecule has 1 aromatic rings. The Labute approximate surface area is 122 Å². The van der Waals surface area contributed by atoms with Crippen LogP contribution in [0.4, 0.5) is 0 Å². The van der Waals surface area contributed by atoms with Crippen molar-refractivity contribution in [1.29, 1.82) is 0 Å². The van der Waals surface area contributed by atoms with Crippen molar-refractivity contribution in [2.24, 2.45) is 5.92 Å². The Bertz CT molecular complexity index is 450. The molecule has 1 fully saturated rings. The summed E-state index contributed by atoms with van der Waals surface area (Å²) in [7, 11) is 0. The monoisotopic (exact) mass is 325 g/mol. The van der Waals surface area contributed by atoms with Gasteiger partial charge in [0.2, 0.25) is 0 Å². The second-order valence-corrected chi connectivity index (χ2v) is 6.05. The second kappa shape index (κ2) is 6.48. The Morgan fingerprint density at radius 1 is 1.63 bits per heavy atom. The van der Waals surface area contributed by atoms with Crippen molar-refractivity contribution in [3.63, 3.8) is 0 Å². The van der Waals surface area contributed by atoms with E-state index in [1.54, 1.807) is 18.3 Å². The van der Waals surface area contributed by atoms with Crippen molar-refractivity contribution in [2.75, 3.05) is 19.6 Å². The third-order valence-electron chi connectivity index (χ3n) is 3.60. The highest BCUT2D eigenvalue weighted by Gasteiger charge is 2.24. The van der Waals surface area contributed by atoms with E-state index in [0.29, 0.717) is 22.1 Å². The molecule has 1 aliphatic heterocycles. The zero-order valence-corrected chi connectivity index (χ0v) is 13.0. The van der Waals surface area contributed by atoms with Gasteiger partial charge in [-0.3, -0.25) is 4.79 Å². The smallest absolute Gasteiger partial charge is 0.254 e. The molecule has 1 N–H and O–H groups in total. The van der Waals surface area contributed by atoms with Crippen LogP contribution in [0.3, 0.4) is 0 Å². The standard InChI is InChI=1S/C14H20BrN3O/c1-10(2)18-7-5-11(9-18)8-17-14(19)12-4-3-6-16-13(12)15/h3-4,6,10-11H,5,7-9H2,1-2H3,(H,17,19). The average molecular weight is 326 g/mol. The van der Waals surface area contributed by atoms with Gasteiger partial charge in [-0.15, -0.1) is 0 Å². The molecule has 0 bridgehead atoms. The number of nitrogens with zero attached hydrogens (tertiary/aromatic N) is 2. The second-order valence-electron chi connectivity index (χ2n) is 5.30. The first kappa shape index (κ1) is 14.5. The van der Waals surface area contributed by atoms with E-state index in [2.05, 4.69) is 45.0 Å². The molecule has 0 saturated carbocycles. The number of hydrogen-bond acceptors (Lipinski definition) is 3. The molecule has 0 aliphatic carbocycles. The van der Waals surface area contributed by atoms with E-state index in [9.17, 15) is 4.79 Å². The van der Waals surface area contributed by atoms with Crippen LogP contribution in [0.2, 0.25) is 0 Å². The van der Waals surface area contributed by atoms with Gasteiger partial charge in [0.1, 0.15) is 4.60 Å². The minimum atomic E-state index is -0.0528. The van der Waals surface area contributed by atoms with Gasteiger partial charge in [-0.05, 0) is 60.8 Å². The lowest BCUT2D eigenvalue weighted by atomic mass is 10.1. The zero-order valence-electron chi connectivity index (χ0n) is 11.4. The first-order valence-corrected chi connectivity index (χ1v) is 7.50. The molecule has 2 heterocycles. The molecule has 2 rings (SSSR count). The Balaban J connectivity index is 1.84. The van der Waals surface area contributed by atoms with Crippen molar-refractivity contribution in [2.45, 2.75) is 26.3 Å². The van der Waals surface area contributed by atoms with Gasteiger partial charge < -0.3 is 10.2 Å². The predicted molar refractivity (Wildman–Crippen MR) is 79.1 cm³/mol. The van der Waals surface area contributed by atoms with Gasteiger partial charge in [0, 0.05) is 25.3 Å². The third-order valence-corrected chi connectivity index (χ3v) is 4.23. The summed E-state index contributed by atoms with van der Waals surface area (Å²) < 4.78 is 0.600. The molecule has 0 aromatic carbocycles. The van der Waals surface area contributed by atoms with E-state index in [4.69, 9.17) is 0 Å². The van der Waals surface area contributed by atoms with Gasteiger partial charge in [0.15, 0.2) is 0 Å². The highest BCUT2D eigenvalue weighted by Crippen LogP contribution is 2.18. The van der Waals surface area contributed by atoms with E-state index < -0.39 is 0 Å². The topological polar surface area (TPSA) is 45.2 Å². The first-order valence-electron chi connectivity index (χ1n) is 6.70. The van der Waals surface area contributed by atoms with Crippen LogP contribution in [0.15, 0.2) is 22.9 Å². The molecule has 4 nitrogen and oxygen atoms in total. The van der Waals surface area contributed by atoms with Crippen LogP contribution in [0.25, 0.3) is 0 Å². The molecule has 0 radical (unpaired) electrons. The van der Waals surface area contributed by atoms with Crippen LogP contribution in [-0.4, -0.2) is 41.5 Å². The van der Waals surface area contributed by atoms with Crippen molar-refractivity contribution >= 4 is 21.8 Å². The van der Waals surface area contributed by atoms with Crippen LogP contribution >= 0.6 is 15.9 Å². The molecular weight excluding hydrogens is 306 g/mol. The van der Waals surface area contributed by atoms with E-state index in [1.165, 1.54) is 0 Å². The van der Waals surface area contributed by atoms with Crippen LogP contribution in [0.5, 0.6) is 0 Å². The van der Waals surface area contributed by atoms with Gasteiger partial charge in [-0.2, -0.15) is 0 Å². The molecule has 104 valence electrons. The number of carbonyl (C=O) groups excluding carboxylic acids is 1. The lowest BCUT2D eigenvalue weighted by Gasteiger charge is -2.20. The first-order chi connectivity index (χ1) is 9.08. The maximum Gasteiger partial charge on any atom is 0.254 e. The summed E-state index contributed by atoms with van der Waals surface area (Å²) in [6.07, 6.45) is 2.82. The summed E-state index contributed by atoms with van der Waals surface area (Å²) in [4.78, 5) is 18.6. The minimum Gasteiger partial charge on any atom is -0.352 e. The average Bonchev–Trinajstić information content (AvgIpc) is 2.85. The third kappa shape index (κ3) is 3.76. The van der Waals surface area contributed by atoms with Crippen molar-refractivity contribution in [3.8, 4) is 0 Å². The normalized spacial score (nSPS) is 19.9. The lowest BCUT2D eigenvalue weighted by molar-refractivity contribution is 0.0946. The minimum absolute atomic E-state index is 0.0528. The molecule has 1 atom stereocenters. The number of hydrogen-bond donors (Lipinski definition) is 1. The fraction of sp³-hybridized carbons (Fsp3) is 0.571. The van der Waals surface area contributed by atoms with Gasteiger partial charge >= 0.3 is 0 Å². The summed E-state index contributed by atoms with van der Waals surface area (Å²) in [5, 5.41) is 3.01. The molecular formula is C14H20BrN3O. The highest BCUT2D eigenvalue weighted by atomic mass is 79.9. The maximum absolute atomic E-state index is 12.0.